The van der Waals surface area contributed by atoms with Gasteiger partial charge in [-0.15, -0.1) is 11.3 Å². The summed E-state index contributed by atoms with van der Waals surface area (Å²) in [4.78, 5) is 28.4. The quantitative estimate of drug-likeness (QED) is 0.184. The van der Waals surface area contributed by atoms with Crippen LogP contribution in [0.5, 0.6) is 0 Å². The minimum atomic E-state index is -4.15. The molecule has 1 atom stereocenters. The summed E-state index contributed by atoms with van der Waals surface area (Å²) in [6.07, 6.45) is -0.288. The summed E-state index contributed by atoms with van der Waals surface area (Å²) >= 11 is 1.32. The van der Waals surface area contributed by atoms with Crippen LogP contribution in [0.15, 0.2) is 113 Å². The van der Waals surface area contributed by atoms with Crippen molar-refractivity contribution in [1.82, 2.24) is 9.21 Å². The number of hydrogen-bond donors (Lipinski definition) is 1. The molecule has 5 aromatic rings. The van der Waals surface area contributed by atoms with E-state index in [1.54, 1.807) is 47.4 Å². The summed E-state index contributed by atoms with van der Waals surface area (Å²) in [6.45, 7) is 0.851. The summed E-state index contributed by atoms with van der Waals surface area (Å²) in [5.74, 6) is -0.273. The Morgan fingerprint density at radius 1 is 0.935 bits per heavy atom. The fourth-order valence-corrected chi connectivity index (χ4v) is 7.82. The summed E-state index contributed by atoms with van der Waals surface area (Å²) < 4.78 is 35.3. The molecule has 1 aliphatic heterocycles. The number of anilines is 1. The van der Waals surface area contributed by atoms with Crippen LogP contribution in [0.1, 0.15) is 28.0 Å². The van der Waals surface area contributed by atoms with Gasteiger partial charge in [-0.25, -0.2) is 13.2 Å². The highest BCUT2D eigenvalue weighted by molar-refractivity contribution is 7.89. The number of carbonyl (C=O) groups excluding carboxylic acids is 2. The van der Waals surface area contributed by atoms with Gasteiger partial charge in [0.15, 0.2) is 0 Å². The van der Waals surface area contributed by atoms with Crippen molar-refractivity contribution in [3.05, 3.63) is 130 Å². The molecule has 9 nitrogen and oxygen atoms in total. The third kappa shape index (κ3) is 6.94. The van der Waals surface area contributed by atoms with E-state index in [0.717, 1.165) is 22.1 Å². The number of nitrogens with zero attached hydrogens (tertiary/aromatic N) is 3. The topological polar surface area (TPSA) is 120 Å². The molecular weight excluding hydrogens is 621 g/mol. The fourth-order valence-electron chi connectivity index (χ4n) is 5.49. The first-order chi connectivity index (χ1) is 22.3. The average molecular weight is 651 g/mol. The molecule has 11 heteroatoms. The highest BCUT2D eigenvalue weighted by Gasteiger charge is 2.42. The molecule has 1 saturated heterocycles. The molecule has 0 bridgehead atoms. The zero-order valence-electron chi connectivity index (χ0n) is 24.7. The maximum Gasteiger partial charge on any atom is 0.411 e. The lowest BCUT2D eigenvalue weighted by atomic mass is 10.1. The average Bonchev–Trinajstić information content (AvgIpc) is 3.69. The Labute approximate surface area is 271 Å². The number of amides is 2. The fraction of sp³-hybridized carbons (Fsp3) is 0.171. The number of thiophene rings is 1. The normalized spacial score (nSPS) is 14.8. The van der Waals surface area contributed by atoms with Crippen LogP contribution in [-0.2, 0) is 39.3 Å². The number of carbonyl (C=O) groups is 2. The molecule has 0 radical (unpaired) electrons. The minimum Gasteiger partial charge on any atom is -0.444 e. The smallest absolute Gasteiger partial charge is 0.411 e. The molecule has 0 spiro atoms. The van der Waals surface area contributed by atoms with E-state index in [9.17, 15) is 23.3 Å². The van der Waals surface area contributed by atoms with E-state index < -0.39 is 22.2 Å². The SMILES string of the molecule is N#Cc1cc(CN2CC[C@H](N(Cc3ccccc3)S(=O)(=O)c3ccc4ccc(NC(=O)OCc5ccccc5)cc4c3)C2=O)cs1. The first-order valence-corrected chi connectivity index (χ1v) is 17.0. The van der Waals surface area contributed by atoms with Crippen LogP contribution in [0.2, 0.25) is 0 Å². The van der Waals surface area contributed by atoms with E-state index >= 15 is 0 Å². The van der Waals surface area contributed by atoms with Crippen LogP contribution in [0.4, 0.5) is 10.5 Å². The van der Waals surface area contributed by atoms with Gasteiger partial charge in [0.25, 0.3) is 0 Å². The molecule has 4 aromatic carbocycles. The predicted molar refractivity (Wildman–Crippen MR) is 176 cm³/mol. The Bertz CT molecular complexity index is 2020. The zero-order valence-corrected chi connectivity index (χ0v) is 26.3. The number of nitrogens with one attached hydrogen (secondary N) is 1. The zero-order chi connectivity index (χ0) is 32.1. The largest absolute Gasteiger partial charge is 0.444 e. The van der Waals surface area contributed by atoms with E-state index in [1.165, 1.54) is 15.6 Å². The van der Waals surface area contributed by atoms with Gasteiger partial charge in [0.05, 0.1) is 4.90 Å². The van der Waals surface area contributed by atoms with Crippen LogP contribution in [0, 0.1) is 11.3 Å². The van der Waals surface area contributed by atoms with Gasteiger partial charge in [0.1, 0.15) is 23.6 Å². The molecule has 2 amide bonds. The van der Waals surface area contributed by atoms with E-state index in [0.29, 0.717) is 35.5 Å². The number of likely N-dealkylation sites (tertiary alicyclic amines) is 1. The summed E-state index contributed by atoms with van der Waals surface area (Å²) in [7, 11) is -4.15. The van der Waals surface area contributed by atoms with Crippen molar-refractivity contribution in [2.24, 2.45) is 0 Å². The second-order valence-electron chi connectivity index (χ2n) is 10.9. The summed E-state index contributed by atoms with van der Waals surface area (Å²) in [5.41, 5.74) is 2.91. The Morgan fingerprint density at radius 3 is 2.37 bits per heavy atom. The first kappa shape index (κ1) is 31.0. The molecule has 0 saturated carbocycles. The van der Waals surface area contributed by atoms with Crippen molar-refractivity contribution in [1.29, 1.82) is 5.26 Å². The maximum absolute atomic E-state index is 14.3. The summed E-state index contributed by atoms with van der Waals surface area (Å²) in [5, 5.41) is 15.1. The van der Waals surface area contributed by atoms with Crippen molar-refractivity contribution in [2.75, 3.05) is 11.9 Å². The molecule has 1 aromatic heterocycles. The van der Waals surface area contributed by atoms with E-state index in [2.05, 4.69) is 11.4 Å². The van der Waals surface area contributed by atoms with Crippen LogP contribution >= 0.6 is 11.3 Å². The minimum absolute atomic E-state index is 0.0251. The van der Waals surface area contributed by atoms with Gasteiger partial charge in [-0.2, -0.15) is 9.57 Å². The van der Waals surface area contributed by atoms with Crippen molar-refractivity contribution in [2.45, 2.75) is 37.1 Å². The van der Waals surface area contributed by atoms with Gasteiger partial charge in [0.2, 0.25) is 15.9 Å². The Kier molecular flexibility index (Phi) is 9.12. The molecule has 1 N–H and O–H groups in total. The van der Waals surface area contributed by atoms with E-state index in [1.807, 2.05) is 66.0 Å². The number of fused-ring (bicyclic) bond motifs is 1. The molecule has 1 aliphatic rings. The molecule has 6 rings (SSSR count). The Hall–Kier alpha value is -5.02. The third-order valence-corrected chi connectivity index (χ3v) is 10.5. The number of nitriles is 1. The lowest BCUT2D eigenvalue weighted by molar-refractivity contribution is -0.131. The van der Waals surface area contributed by atoms with Crippen LogP contribution in [-0.4, -0.2) is 42.2 Å². The number of benzene rings is 4. The lowest BCUT2D eigenvalue weighted by Crippen LogP contribution is -2.44. The Balaban J connectivity index is 1.25. The van der Waals surface area contributed by atoms with Gasteiger partial charge in [-0.3, -0.25) is 10.1 Å². The van der Waals surface area contributed by atoms with Crippen molar-refractivity contribution in [3.63, 3.8) is 0 Å². The molecule has 0 unspecified atom stereocenters. The van der Waals surface area contributed by atoms with Gasteiger partial charge in [0, 0.05) is 25.3 Å². The van der Waals surface area contributed by atoms with Crippen molar-refractivity contribution >= 4 is 49.8 Å². The molecule has 46 heavy (non-hydrogen) atoms. The van der Waals surface area contributed by atoms with Gasteiger partial charge in [-0.05, 0) is 69.6 Å². The van der Waals surface area contributed by atoms with Gasteiger partial charge in [-0.1, -0.05) is 72.8 Å². The molecule has 2 heterocycles. The third-order valence-electron chi connectivity index (χ3n) is 7.81. The van der Waals surface area contributed by atoms with Crippen LogP contribution in [0.3, 0.4) is 0 Å². The number of hydrogen-bond acceptors (Lipinski definition) is 7. The predicted octanol–water partition coefficient (Wildman–Crippen LogP) is 6.51. The number of rotatable bonds is 10. The number of sulfonamides is 1. The highest BCUT2D eigenvalue weighted by atomic mass is 32.2. The Morgan fingerprint density at radius 2 is 1.65 bits per heavy atom. The van der Waals surface area contributed by atoms with Crippen molar-refractivity contribution in [3.8, 4) is 6.07 Å². The molecule has 0 aliphatic carbocycles. The van der Waals surface area contributed by atoms with E-state index in [-0.39, 0.29) is 24.0 Å². The monoisotopic (exact) mass is 650 g/mol. The highest BCUT2D eigenvalue weighted by Crippen LogP contribution is 2.31. The first-order valence-electron chi connectivity index (χ1n) is 14.6. The van der Waals surface area contributed by atoms with E-state index in [4.69, 9.17) is 4.74 Å². The molecule has 1 fully saturated rings. The van der Waals surface area contributed by atoms with Crippen LogP contribution in [0.25, 0.3) is 10.8 Å². The van der Waals surface area contributed by atoms with Crippen molar-refractivity contribution < 1.29 is 22.7 Å². The molecule has 232 valence electrons. The number of ether oxygens (including phenoxy) is 1. The van der Waals surface area contributed by atoms with Gasteiger partial charge < -0.3 is 9.64 Å². The van der Waals surface area contributed by atoms with Gasteiger partial charge >= 0.3 is 6.09 Å². The maximum atomic E-state index is 14.3. The molecular formula is C35H30N4O5S2. The second kappa shape index (κ2) is 13.5. The second-order valence-corrected chi connectivity index (χ2v) is 13.7. The summed E-state index contributed by atoms with van der Waals surface area (Å²) in [6, 6.07) is 31.5. The lowest BCUT2D eigenvalue weighted by Gasteiger charge is -2.28. The standard InChI is InChI=1S/C35H30N4O5S2/c36-20-31-17-27(24-45-31)21-38-16-15-33(34(38)40)39(22-25-7-3-1-4-8-25)46(42,43)32-14-12-28-11-13-30(18-29(28)19-32)37-35(41)44-23-26-9-5-2-6-10-26/h1-14,17-19,24,33H,15-16,21-23H2,(H,37,41)/t33-/m0/s1. The van der Waals surface area contributed by atoms with Crippen LogP contribution < -0.4 is 5.32 Å².